The topological polar surface area (TPSA) is 77.7 Å². The molecule has 1 fully saturated rings. The zero-order chi connectivity index (χ0) is 16.4. The summed E-state index contributed by atoms with van der Waals surface area (Å²) in [5.74, 6) is 1.14. The van der Waals surface area contributed by atoms with Gasteiger partial charge in [-0.25, -0.2) is 0 Å². The van der Waals surface area contributed by atoms with Gasteiger partial charge in [-0.05, 0) is 25.0 Å². The number of primary amides is 1. The first-order valence-electron chi connectivity index (χ1n) is 7.68. The van der Waals surface area contributed by atoms with Crippen LogP contribution in [0, 0.1) is 5.92 Å². The van der Waals surface area contributed by atoms with Gasteiger partial charge in [0.05, 0.1) is 19.9 Å². The zero-order valence-corrected chi connectivity index (χ0v) is 13.4. The number of nitrogens with zero attached hydrogens (tertiary/aromatic N) is 2. The molecule has 0 spiro atoms. The summed E-state index contributed by atoms with van der Waals surface area (Å²) in [5, 5.41) is 2.06. The molecule has 6 heteroatoms. The van der Waals surface area contributed by atoms with Crippen molar-refractivity contribution in [2.75, 3.05) is 32.2 Å². The van der Waals surface area contributed by atoms with Crippen molar-refractivity contribution >= 4 is 22.4 Å². The van der Waals surface area contributed by atoms with Crippen LogP contribution in [0.1, 0.15) is 12.8 Å². The fraction of sp³-hybridized carbons (Fsp3) is 0.412. The van der Waals surface area contributed by atoms with Gasteiger partial charge in [-0.3, -0.25) is 9.78 Å². The number of amides is 1. The molecular formula is C17H21N3O3. The lowest BCUT2D eigenvalue weighted by molar-refractivity contribution is -0.122. The van der Waals surface area contributed by atoms with E-state index in [0.717, 1.165) is 42.4 Å². The molecule has 0 atom stereocenters. The minimum absolute atomic E-state index is 0.0456. The van der Waals surface area contributed by atoms with E-state index < -0.39 is 0 Å². The molecule has 2 heterocycles. The SMILES string of the molecule is COc1cc2cnccc2c(N2CCC(C(N)=O)CC2)c1OC. The molecule has 2 N–H and O–H groups in total. The smallest absolute Gasteiger partial charge is 0.220 e. The summed E-state index contributed by atoms with van der Waals surface area (Å²) >= 11 is 0. The predicted molar refractivity (Wildman–Crippen MR) is 89.0 cm³/mol. The van der Waals surface area contributed by atoms with Crippen LogP contribution in [0.25, 0.3) is 10.8 Å². The van der Waals surface area contributed by atoms with E-state index in [1.807, 2.05) is 18.3 Å². The van der Waals surface area contributed by atoms with E-state index in [1.165, 1.54) is 0 Å². The standard InChI is InChI=1S/C17H21N3O3/c1-22-14-9-12-10-19-6-3-13(12)15(16(14)23-2)20-7-4-11(5-8-20)17(18)21/h3,6,9-11H,4-5,7-8H2,1-2H3,(H2,18,21). The van der Waals surface area contributed by atoms with Crippen LogP contribution in [0.5, 0.6) is 11.5 Å². The van der Waals surface area contributed by atoms with Crippen LogP contribution in [0.4, 0.5) is 5.69 Å². The van der Waals surface area contributed by atoms with Crippen LogP contribution in [-0.4, -0.2) is 38.2 Å². The second-order valence-electron chi connectivity index (χ2n) is 5.72. The number of nitrogens with two attached hydrogens (primary N) is 1. The van der Waals surface area contributed by atoms with Gasteiger partial charge in [0.1, 0.15) is 0 Å². The molecule has 0 bridgehead atoms. The van der Waals surface area contributed by atoms with Gasteiger partial charge < -0.3 is 20.1 Å². The van der Waals surface area contributed by atoms with E-state index in [9.17, 15) is 4.79 Å². The fourth-order valence-corrected chi connectivity index (χ4v) is 3.23. The Balaban J connectivity index is 2.07. The maximum atomic E-state index is 11.4. The Morgan fingerprint density at radius 2 is 2.04 bits per heavy atom. The molecule has 6 nitrogen and oxygen atoms in total. The molecule has 1 amide bonds. The highest BCUT2D eigenvalue weighted by Gasteiger charge is 2.27. The Hall–Kier alpha value is -2.50. The van der Waals surface area contributed by atoms with Crippen molar-refractivity contribution in [2.45, 2.75) is 12.8 Å². The van der Waals surface area contributed by atoms with Crippen molar-refractivity contribution in [1.29, 1.82) is 0 Å². The van der Waals surface area contributed by atoms with Gasteiger partial charge in [0.25, 0.3) is 0 Å². The van der Waals surface area contributed by atoms with Crippen LogP contribution < -0.4 is 20.1 Å². The van der Waals surface area contributed by atoms with Crippen molar-refractivity contribution in [2.24, 2.45) is 11.7 Å². The largest absolute Gasteiger partial charge is 0.493 e. The number of hydrogen-bond donors (Lipinski definition) is 1. The van der Waals surface area contributed by atoms with Crippen LogP contribution in [0.3, 0.4) is 0 Å². The second kappa shape index (κ2) is 6.32. The molecule has 2 aromatic rings. The van der Waals surface area contributed by atoms with Gasteiger partial charge in [0, 0.05) is 42.2 Å². The fourth-order valence-electron chi connectivity index (χ4n) is 3.23. The van der Waals surface area contributed by atoms with Gasteiger partial charge in [0.15, 0.2) is 11.5 Å². The molecule has 3 rings (SSSR count). The number of rotatable bonds is 4. The third kappa shape index (κ3) is 2.76. The highest BCUT2D eigenvalue weighted by Crippen LogP contribution is 2.44. The number of pyridine rings is 1. The molecule has 1 aromatic heterocycles. The monoisotopic (exact) mass is 315 g/mol. The van der Waals surface area contributed by atoms with Crippen LogP contribution >= 0.6 is 0 Å². The number of carbonyl (C=O) groups excluding carboxylic acids is 1. The first kappa shape index (κ1) is 15.4. The molecule has 23 heavy (non-hydrogen) atoms. The number of methoxy groups -OCH3 is 2. The van der Waals surface area contributed by atoms with E-state index in [-0.39, 0.29) is 11.8 Å². The molecule has 0 unspecified atom stereocenters. The molecule has 1 aromatic carbocycles. The van der Waals surface area contributed by atoms with Gasteiger partial charge in [-0.2, -0.15) is 0 Å². The summed E-state index contributed by atoms with van der Waals surface area (Å²) in [6, 6.07) is 3.91. The summed E-state index contributed by atoms with van der Waals surface area (Å²) in [4.78, 5) is 17.8. The molecule has 0 saturated carbocycles. The summed E-state index contributed by atoms with van der Waals surface area (Å²) in [6.45, 7) is 1.52. The van der Waals surface area contributed by atoms with E-state index in [4.69, 9.17) is 15.2 Å². The third-order valence-electron chi connectivity index (χ3n) is 4.47. The third-order valence-corrected chi connectivity index (χ3v) is 4.47. The summed E-state index contributed by atoms with van der Waals surface area (Å²) in [7, 11) is 3.27. The van der Waals surface area contributed by atoms with Crippen LogP contribution in [-0.2, 0) is 4.79 Å². The minimum atomic E-state index is -0.212. The molecule has 0 radical (unpaired) electrons. The maximum Gasteiger partial charge on any atom is 0.220 e. The molecule has 1 aliphatic rings. The number of fused-ring (bicyclic) bond motifs is 1. The molecule has 122 valence electrons. The average molecular weight is 315 g/mol. The van der Waals surface area contributed by atoms with Gasteiger partial charge in [-0.1, -0.05) is 0 Å². The Bertz CT molecular complexity index is 724. The summed E-state index contributed by atoms with van der Waals surface area (Å²) < 4.78 is 11.1. The van der Waals surface area contributed by atoms with Gasteiger partial charge >= 0.3 is 0 Å². The average Bonchev–Trinajstić information content (AvgIpc) is 2.59. The lowest BCUT2D eigenvalue weighted by Gasteiger charge is -2.34. The lowest BCUT2D eigenvalue weighted by Crippen LogP contribution is -2.38. The number of benzene rings is 1. The van der Waals surface area contributed by atoms with Crippen molar-refractivity contribution < 1.29 is 14.3 Å². The first-order chi connectivity index (χ1) is 11.2. The Morgan fingerprint density at radius 1 is 1.30 bits per heavy atom. The van der Waals surface area contributed by atoms with Crippen molar-refractivity contribution in [1.82, 2.24) is 4.98 Å². The highest BCUT2D eigenvalue weighted by atomic mass is 16.5. The van der Waals surface area contributed by atoms with Crippen LogP contribution in [0.15, 0.2) is 24.5 Å². The normalized spacial score (nSPS) is 15.7. The number of carbonyl (C=O) groups is 1. The van der Waals surface area contributed by atoms with Crippen molar-refractivity contribution in [3.63, 3.8) is 0 Å². The molecule has 1 aliphatic heterocycles. The van der Waals surface area contributed by atoms with Gasteiger partial charge in [-0.15, -0.1) is 0 Å². The summed E-state index contributed by atoms with van der Waals surface area (Å²) in [5.41, 5.74) is 6.43. The number of aromatic nitrogens is 1. The van der Waals surface area contributed by atoms with E-state index in [2.05, 4.69) is 9.88 Å². The Labute approximate surface area is 135 Å². The van der Waals surface area contributed by atoms with E-state index in [0.29, 0.717) is 11.5 Å². The minimum Gasteiger partial charge on any atom is -0.493 e. The molecule has 0 aliphatic carbocycles. The van der Waals surface area contributed by atoms with E-state index >= 15 is 0 Å². The first-order valence-corrected chi connectivity index (χ1v) is 7.68. The number of hydrogen-bond acceptors (Lipinski definition) is 5. The van der Waals surface area contributed by atoms with E-state index in [1.54, 1.807) is 20.4 Å². The summed E-state index contributed by atoms with van der Waals surface area (Å²) in [6.07, 6.45) is 5.09. The quantitative estimate of drug-likeness (QED) is 0.933. The zero-order valence-electron chi connectivity index (χ0n) is 13.4. The van der Waals surface area contributed by atoms with Crippen molar-refractivity contribution in [3.05, 3.63) is 24.5 Å². The van der Waals surface area contributed by atoms with Crippen LogP contribution in [0.2, 0.25) is 0 Å². The number of anilines is 1. The second-order valence-corrected chi connectivity index (χ2v) is 5.72. The highest BCUT2D eigenvalue weighted by molar-refractivity contribution is 5.99. The lowest BCUT2D eigenvalue weighted by atomic mass is 9.95. The molecular weight excluding hydrogens is 294 g/mol. The van der Waals surface area contributed by atoms with Crippen molar-refractivity contribution in [3.8, 4) is 11.5 Å². The maximum absolute atomic E-state index is 11.4. The van der Waals surface area contributed by atoms with Gasteiger partial charge in [0.2, 0.25) is 5.91 Å². The Kier molecular flexibility index (Phi) is 4.23. The predicted octanol–water partition coefficient (Wildman–Crippen LogP) is 1.95. The Morgan fingerprint density at radius 3 is 2.65 bits per heavy atom. The number of piperidine rings is 1. The number of ether oxygens (including phenoxy) is 2. The molecule has 1 saturated heterocycles.